The Kier molecular flexibility index (Phi) is 7.56. The predicted octanol–water partition coefficient (Wildman–Crippen LogP) is 0.577. The van der Waals surface area contributed by atoms with E-state index in [1.54, 1.807) is 34.1 Å². The standard InChI is InChI=1S/C8H5BrF4I.CHF3O3S/c9-7(10,11)8(12,13)14-6-4-2-1-3-5-6;2-1(3,4)8(5,6)7/h1-5H;(H,5,6,7)/q+1;/p-1. The molecule has 0 aliphatic heterocycles. The Bertz CT molecular complexity index is 571. The SMILES string of the molecule is FC(F)(Br)C(F)(F)[I+]c1ccccc1.O=S(=O)([O-])C(F)(F)F. The quantitative estimate of drug-likeness (QED) is 0.188. The van der Waals surface area contributed by atoms with Crippen LogP contribution in [0.25, 0.3) is 0 Å². The Morgan fingerprint density at radius 2 is 1.32 bits per heavy atom. The molecule has 0 spiro atoms. The normalized spacial score (nSPS) is 13.3. The van der Waals surface area contributed by atoms with Crippen molar-refractivity contribution in [2.24, 2.45) is 0 Å². The molecule has 1 aromatic carbocycles. The zero-order valence-corrected chi connectivity index (χ0v) is 14.5. The molecule has 22 heavy (non-hydrogen) atoms. The fourth-order valence-corrected chi connectivity index (χ4v) is 3.03. The summed E-state index contributed by atoms with van der Waals surface area (Å²) >= 11 is -0.338. The highest BCUT2D eigenvalue weighted by atomic mass is 127. The second-order valence-electron chi connectivity index (χ2n) is 3.29. The van der Waals surface area contributed by atoms with E-state index in [1.165, 1.54) is 12.1 Å². The van der Waals surface area contributed by atoms with Crippen LogP contribution in [0.15, 0.2) is 30.3 Å². The lowest BCUT2D eigenvalue weighted by Crippen LogP contribution is -3.68. The Balaban J connectivity index is 0.000000472. The third-order valence-electron chi connectivity index (χ3n) is 1.57. The van der Waals surface area contributed by atoms with Crippen molar-refractivity contribution in [1.82, 2.24) is 0 Å². The van der Waals surface area contributed by atoms with Crippen LogP contribution >= 0.6 is 15.9 Å². The van der Waals surface area contributed by atoms with E-state index in [0.717, 1.165) is 0 Å². The molecule has 0 unspecified atom stereocenters. The summed E-state index contributed by atoms with van der Waals surface area (Å²) in [6.45, 7) is 0. The van der Waals surface area contributed by atoms with Gasteiger partial charge in [0.25, 0.3) is 0 Å². The molecule has 128 valence electrons. The molecule has 0 saturated heterocycles. The second kappa shape index (κ2) is 7.61. The van der Waals surface area contributed by atoms with Gasteiger partial charge in [-0.2, -0.15) is 22.0 Å². The Hall–Kier alpha value is -0.150. The van der Waals surface area contributed by atoms with Gasteiger partial charge in [-0.1, -0.05) is 18.2 Å². The van der Waals surface area contributed by atoms with E-state index >= 15 is 0 Å². The van der Waals surface area contributed by atoms with Crippen molar-refractivity contribution in [2.45, 2.75) is 14.3 Å². The van der Waals surface area contributed by atoms with E-state index in [2.05, 4.69) is 0 Å². The lowest BCUT2D eigenvalue weighted by Gasteiger charge is -2.09. The van der Waals surface area contributed by atoms with Crippen molar-refractivity contribution in [1.29, 1.82) is 0 Å². The average Bonchev–Trinajstić information content (AvgIpc) is 2.26. The molecule has 3 nitrogen and oxygen atoms in total. The summed E-state index contributed by atoms with van der Waals surface area (Å²) in [7, 11) is -6.09. The third kappa shape index (κ3) is 7.41. The van der Waals surface area contributed by atoms with Crippen LogP contribution in [0.5, 0.6) is 0 Å². The number of hydrogen-bond donors (Lipinski definition) is 0. The number of benzene rings is 1. The van der Waals surface area contributed by atoms with E-state index in [-0.39, 0.29) is 3.57 Å². The zero-order chi connectivity index (χ0) is 17.8. The van der Waals surface area contributed by atoms with Crippen LogP contribution in [0, 0.1) is 3.57 Å². The largest absolute Gasteiger partial charge is 0.741 e. The maximum atomic E-state index is 12.9. The van der Waals surface area contributed by atoms with Crippen LogP contribution in [0.1, 0.15) is 0 Å². The summed E-state index contributed by atoms with van der Waals surface area (Å²) in [5, 5.41) is 0. The number of alkyl halides is 9. The molecule has 1 aromatic rings. The first-order chi connectivity index (χ1) is 9.58. The van der Waals surface area contributed by atoms with Gasteiger partial charge in [-0.15, -0.1) is 8.78 Å². The van der Waals surface area contributed by atoms with Crippen molar-refractivity contribution in [2.75, 3.05) is 0 Å². The first-order valence-electron chi connectivity index (χ1n) is 4.75. The molecule has 0 atom stereocenters. The van der Waals surface area contributed by atoms with Crippen LogP contribution in [-0.2, 0) is 10.1 Å². The van der Waals surface area contributed by atoms with Gasteiger partial charge in [0.2, 0.25) is 0 Å². The van der Waals surface area contributed by atoms with E-state index in [0.29, 0.717) is 0 Å². The second-order valence-corrected chi connectivity index (χ2v) is 8.79. The highest BCUT2D eigenvalue weighted by molar-refractivity contribution is 9.10. The summed E-state index contributed by atoms with van der Waals surface area (Å²) in [6.07, 6.45) is 0. The van der Waals surface area contributed by atoms with Crippen LogP contribution < -0.4 is 21.2 Å². The van der Waals surface area contributed by atoms with Gasteiger partial charge in [-0.25, -0.2) is 8.42 Å². The van der Waals surface area contributed by atoms with Crippen LogP contribution in [0.2, 0.25) is 0 Å². The molecule has 0 amide bonds. The molecule has 1 rings (SSSR count). The highest BCUT2D eigenvalue weighted by Crippen LogP contribution is 2.33. The van der Waals surface area contributed by atoms with Crippen molar-refractivity contribution in [3.63, 3.8) is 0 Å². The van der Waals surface area contributed by atoms with Gasteiger partial charge in [0.15, 0.2) is 13.7 Å². The van der Waals surface area contributed by atoms with E-state index in [9.17, 15) is 30.7 Å². The summed E-state index contributed by atoms with van der Waals surface area (Å²) in [4.78, 5) is -4.12. The highest BCUT2D eigenvalue weighted by Gasteiger charge is 2.67. The van der Waals surface area contributed by atoms with Crippen LogP contribution in [0.4, 0.5) is 30.7 Å². The first-order valence-corrected chi connectivity index (χ1v) is 9.11. The number of rotatable bonds is 3. The van der Waals surface area contributed by atoms with Gasteiger partial charge in [0.1, 0.15) is 0 Å². The molecule has 0 aliphatic rings. The summed E-state index contributed by atoms with van der Waals surface area (Å²) < 4.78 is 106. The van der Waals surface area contributed by atoms with E-state index in [1.807, 2.05) is 0 Å². The zero-order valence-electron chi connectivity index (χ0n) is 9.92. The Labute approximate surface area is 139 Å². The Morgan fingerprint density at radius 1 is 0.955 bits per heavy atom. The van der Waals surface area contributed by atoms with Gasteiger partial charge in [0, 0.05) is 15.9 Å². The molecular formula is C9H5BrF7IO3S. The molecule has 0 N–H and O–H groups in total. The van der Waals surface area contributed by atoms with Gasteiger partial charge in [-0.3, -0.25) is 0 Å². The van der Waals surface area contributed by atoms with Gasteiger partial charge < -0.3 is 4.55 Å². The minimum atomic E-state index is -6.09. The monoisotopic (exact) mass is 532 g/mol. The molecule has 0 aromatic heterocycles. The van der Waals surface area contributed by atoms with Crippen molar-refractivity contribution in [3.05, 3.63) is 33.9 Å². The minimum absolute atomic E-state index is 0.287. The predicted molar refractivity (Wildman–Crippen MR) is 59.7 cm³/mol. The fourth-order valence-electron chi connectivity index (χ4n) is 0.668. The Morgan fingerprint density at radius 3 is 1.59 bits per heavy atom. The molecule has 0 heterocycles. The van der Waals surface area contributed by atoms with Crippen molar-refractivity contribution >= 4 is 26.0 Å². The lowest BCUT2D eigenvalue weighted by atomic mass is 10.4. The molecular weight excluding hydrogens is 528 g/mol. The smallest absolute Gasteiger partial charge is 0.520 e. The van der Waals surface area contributed by atoms with E-state index in [4.69, 9.17) is 13.0 Å². The van der Waals surface area contributed by atoms with Crippen LogP contribution in [-0.4, -0.2) is 27.2 Å². The topological polar surface area (TPSA) is 57.2 Å². The molecule has 0 aliphatic carbocycles. The maximum absolute atomic E-state index is 12.9. The molecule has 0 bridgehead atoms. The summed E-state index contributed by atoms with van der Waals surface area (Å²) in [6, 6.07) is 7.62. The maximum Gasteiger partial charge on any atom is 0.520 e. The van der Waals surface area contributed by atoms with Crippen molar-refractivity contribution in [3.8, 4) is 0 Å². The lowest BCUT2D eigenvalue weighted by molar-refractivity contribution is -0.776. The van der Waals surface area contributed by atoms with E-state index < -0.39 is 45.6 Å². The first kappa shape index (κ1) is 21.9. The fraction of sp³-hybridized carbons (Fsp3) is 0.333. The molecule has 13 heteroatoms. The minimum Gasteiger partial charge on any atom is -0.741 e. The van der Waals surface area contributed by atoms with Gasteiger partial charge in [0.05, 0.1) is 0 Å². The summed E-state index contributed by atoms with van der Waals surface area (Å²) in [5.41, 5.74) is -5.65. The summed E-state index contributed by atoms with van der Waals surface area (Å²) in [5.74, 6) is 0. The van der Waals surface area contributed by atoms with Gasteiger partial charge in [-0.05, 0) is 12.1 Å². The third-order valence-corrected chi connectivity index (χ3v) is 6.07. The number of hydrogen-bond acceptors (Lipinski definition) is 3. The van der Waals surface area contributed by atoms with Crippen LogP contribution in [0.3, 0.4) is 0 Å². The molecule has 0 fully saturated rings. The number of halogens is 9. The average molecular weight is 533 g/mol. The molecule has 0 saturated carbocycles. The van der Waals surface area contributed by atoms with Crippen molar-refractivity contribution < 1.29 is 64.9 Å². The van der Waals surface area contributed by atoms with Gasteiger partial charge >= 0.3 is 35.5 Å². The molecule has 0 radical (unpaired) electrons.